The molecule has 1 aromatic rings. The number of halogens is 1. The zero-order valence-electron chi connectivity index (χ0n) is 10.0. The van der Waals surface area contributed by atoms with Gasteiger partial charge < -0.3 is 5.32 Å². The van der Waals surface area contributed by atoms with Crippen LogP contribution in [0.25, 0.3) is 0 Å². The average molecular weight is 239 g/mol. The van der Waals surface area contributed by atoms with Gasteiger partial charge in [-0.1, -0.05) is 11.6 Å². The van der Waals surface area contributed by atoms with Crippen molar-refractivity contribution >= 4 is 11.6 Å². The highest BCUT2D eigenvalue weighted by Crippen LogP contribution is 2.21. The van der Waals surface area contributed by atoms with Gasteiger partial charge in [0.15, 0.2) is 0 Å². The zero-order valence-corrected chi connectivity index (χ0v) is 10.8. The van der Waals surface area contributed by atoms with E-state index in [9.17, 15) is 0 Å². The summed E-state index contributed by atoms with van der Waals surface area (Å²) in [6.07, 6.45) is 0. The largest absolute Gasteiger partial charge is 0.314 e. The molecule has 3 heteroatoms. The highest BCUT2D eigenvalue weighted by atomic mass is 35.5. The summed E-state index contributed by atoms with van der Waals surface area (Å²) >= 11 is 6.11. The Hall–Kier alpha value is -0.570. The standard InChI is InChI=1S/C13H19ClN2/c1-10-7-13(14)8-12(11(10)2)9-16-5-3-15-4-6-16/h7-8,15H,3-6,9H2,1-2H3. The Labute approximate surface area is 103 Å². The van der Waals surface area contributed by atoms with Crippen LogP contribution in [0.3, 0.4) is 0 Å². The van der Waals surface area contributed by atoms with Gasteiger partial charge in [-0.3, -0.25) is 4.90 Å². The van der Waals surface area contributed by atoms with Crippen molar-refractivity contribution in [2.75, 3.05) is 26.2 Å². The second kappa shape index (κ2) is 5.17. The Morgan fingerprint density at radius 2 is 1.94 bits per heavy atom. The van der Waals surface area contributed by atoms with E-state index in [0.29, 0.717) is 0 Å². The van der Waals surface area contributed by atoms with Gasteiger partial charge in [0.25, 0.3) is 0 Å². The van der Waals surface area contributed by atoms with Gasteiger partial charge in [-0.15, -0.1) is 0 Å². The summed E-state index contributed by atoms with van der Waals surface area (Å²) in [6.45, 7) is 9.79. The smallest absolute Gasteiger partial charge is 0.0412 e. The molecule has 1 aliphatic rings. The fourth-order valence-electron chi connectivity index (χ4n) is 2.16. The van der Waals surface area contributed by atoms with Crippen LogP contribution in [0.1, 0.15) is 16.7 Å². The molecule has 0 spiro atoms. The Balaban J connectivity index is 2.13. The number of benzene rings is 1. The van der Waals surface area contributed by atoms with Gasteiger partial charge in [0.1, 0.15) is 0 Å². The molecule has 2 rings (SSSR count). The Morgan fingerprint density at radius 3 is 2.62 bits per heavy atom. The lowest BCUT2D eigenvalue weighted by molar-refractivity contribution is 0.233. The van der Waals surface area contributed by atoms with Gasteiger partial charge in [0.05, 0.1) is 0 Å². The summed E-state index contributed by atoms with van der Waals surface area (Å²) in [7, 11) is 0. The molecule has 16 heavy (non-hydrogen) atoms. The highest BCUT2D eigenvalue weighted by molar-refractivity contribution is 6.30. The Kier molecular flexibility index (Phi) is 3.85. The molecule has 0 aliphatic carbocycles. The fourth-order valence-corrected chi connectivity index (χ4v) is 2.45. The fraction of sp³-hybridized carbons (Fsp3) is 0.538. The topological polar surface area (TPSA) is 15.3 Å². The second-order valence-electron chi connectivity index (χ2n) is 4.53. The average Bonchev–Trinajstić information content (AvgIpc) is 2.27. The third kappa shape index (κ3) is 2.76. The van der Waals surface area contributed by atoms with Crippen LogP contribution in [0.4, 0.5) is 0 Å². The van der Waals surface area contributed by atoms with Gasteiger partial charge in [-0.25, -0.2) is 0 Å². The molecule has 1 saturated heterocycles. The maximum Gasteiger partial charge on any atom is 0.0412 e. The first-order valence-electron chi connectivity index (χ1n) is 5.85. The molecule has 0 amide bonds. The third-order valence-corrected chi connectivity index (χ3v) is 3.56. The van der Waals surface area contributed by atoms with Crippen LogP contribution in [0.2, 0.25) is 5.02 Å². The third-order valence-electron chi connectivity index (χ3n) is 3.34. The lowest BCUT2D eigenvalue weighted by atomic mass is 10.0. The Bertz CT molecular complexity index is 370. The van der Waals surface area contributed by atoms with Crippen molar-refractivity contribution in [2.45, 2.75) is 20.4 Å². The van der Waals surface area contributed by atoms with E-state index in [1.807, 2.05) is 6.07 Å². The number of nitrogens with zero attached hydrogens (tertiary/aromatic N) is 1. The monoisotopic (exact) mass is 238 g/mol. The van der Waals surface area contributed by atoms with Crippen molar-refractivity contribution in [1.29, 1.82) is 0 Å². The first kappa shape index (κ1) is 11.9. The number of nitrogens with one attached hydrogen (secondary N) is 1. The van der Waals surface area contributed by atoms with Crippen LogP contribution in [0.5, 0.6) is 0 Å². The molecule has 1 heterocycles. The van der Waals surface area contributed by atoms with Gasteiger partial charge in [0.2, 0.25) is 0 Å². The van der Waals surface area contributed by atoms with Crippen LogP contribution in [0, 0.1) is 13.8 Å². The van der Waals surface area contributed by atoms with Crippen molar-refractivity contribution in [3.8, 4) is 0 Å². The van der Waals surface area contributed by atoms with Crippen LogP contribution in [0.15, 0.2) is 12.1 Å². The highest BCUT2D eigenvalue weighted by Gasteiger charge is 2.12. The first-order valence-corrected chi connectivity index (χ1v) is 6.23. The number of rotatable bonds is 2. The molecule has 1 aromatic carbocycles. The van der Waals surface area contributed by atoms with Gasteiger partial charge in [-0.05, 0) is 42.7 Å². The first-order chi connectivity index (χ1) is 7.66. The molecule has 1 fully saturated rings. The van der Waals surface area contributed by atoms with E-state index in [1.165, 1.54) is 16.7 Å². The summed E-state index contributed by atoms with van der Waals surface area (Å²) in [5, 5.41) is 4.22. The maximum atomic E-state index is 6.11. The van der Waals surface area contributed by atoms with E-state index < -0.39 is 0 Å². The van der Waals surface area contributed by atoms with E-state index in [-0.39, 0.29) is 0 Å². The maximum absolute atomic E-state index is 6.11. The SMILES string of the molecule is Cc1cc(Cl)cc(CN2CCNCC2)c1C. The molecule has 0 aromatic heterocycles. The van der Waals surface area contributed by atoms with Gasteiger partial charge in [-0.2, -0.15) is 0 Å². The summed E-state index contributed by atoms with van der Waals surface area (Å²) in [5.41, 5.74) is 4.03. The zero-order chi connectivity index (χ0) is 11.5. The second-order valence-corrected chi connectivity index (χ2v) is 4.97. The minimum Gasteiger partial charge on any atom is -0.314 e. The number of aryl methyl sites for hydroxylation is 1. The minimum atomic E-state index is 0.855. The Morgan fingerprint density at radius 1 is 1.25 bits per heavy atom. The summed E-state index contributed by atoms with van der Waals surface area (Å²) in [5.74, 6) is 0. The molecule has 0 atom stereocenters. The predicted molar refractivity (Wildman–Crippen MR) is 69.1 cm³/mol. The molecule has 2 nitrogen and oxygen atoms in total. The summed E-state index contributed by atoms with van der Waals surface area (Å²) in [4.78, 5) is 2.48. The quantitative estimate of drug-likeness (QED) is 0.851. The normalized spacial score (nSPS) is 17.7. The van der Waals surface area contributed by atoms with Crippen LogP contribution < -0.4 is 5.32 Å². The van der Waals surface area contributed by atoms with Gasteiger partial charge in [0, 0.05) is 37.7 Å². The number of hydrogen-bond acceptors (Lipinski definition) is 2. The van der Waals surface area contributed by atoms with Crippen molar-refractivity contribution in [1.82, 2.24) is 10.2 Å². The van der Waals surface area contributed by atoms with Crippen LogP contribution in [-0.4, -0.2) is 31.1 Å². The molecular weight excluding hydrogens is 220 g/mol. The molecule has 88 valence electrons. The van der Waals surface area contributed by atoms with E-state index in [0.717, 1.165) is 37.7 Å². The molecule has 0 bridgehead atoms. The lowest BCUT2D eigenvalue weighted by Gasteiger charge is -2.28. The van der Waals surface area contributed by atoms with E-state index in [2.05, 4.69) is 30.1 Å². The molecule has 0 saturated carbocycles. The molecular formula is C13H19ClN2. The molecule has 0 radical (unpaired) electrons. The van der Waals surface area contributed by atoms with Crippen molar-refractivity contribution in [3.05, 3.63) is 33.8 Å². The predicted octanol–water partition coefficient (Wildman–Crippen LogP) is 2.36. The summed E-state index contributed by atoms with van der Waals surface area (Å²) < 4.78 is 0. The number of hydrogen-bond donors (Lipinski definition) is 1. The van der Waals surface area contributed by atoms with Crippen LogP contribution >= 0.6 is 11.6 Å². The van der Waals surface area contributed by atoms with E-state index in [1.54, 1.807) is 0 Å². The lowest BCUT2D eigenvalue weighted by Crippen LogP contribution is -2.43. The van der Waals surface area contributed by atoms with E-state index in [4.69, 9.17) is 11.6 Å². The van der Waals surface area contributed by atoms with Crippen LogP contribution in [-0.2, 0) is 6.54 Å². The van der Waals surface area contributed by atoms with E-state index >= 15 is 0 Å². The van der Waals surface area contributed by atoms with Gasteiger partial charge >= 0.3 is 0 Å². The van der Waals surface area contributed by atoms with Crippen molar-refractivity contribution in [3.63, 3.8) is 0 Å². The van der Waals surface area contributed by atoms with Crippen molar-refractivity contribution in [2.24, 2.45) is 0 Å². The molecule has 0 unspecified atom stereocenters. The number of piperazine rings is 1. The molecule has 1 N–H and O–H groups in total. The summed E-state index contributed by atoms with van der Waals surface area (Å²) in [6, 6.07) is 4.14. The van der Waals surface area contributed by atoms with Crippen molar-refractivity contribution < 1.29 is 0 Å². The minimum absolute atomic E-state index is 0.855. The molecule has 1 aliphatic heterocycles.